The smallest absolute Gasteiger partial charge is 0.326 e. The number of benzene rings is 1. The largest absolute Gasteiger partial charge is 0.490 e. The van der Waals surface area contributed by atoms with Crippen LogP contribution in [0.5, 0.6) is 11.5 Å². The molecule has 0 amide bonds. The molecule has 2 aliphatic rings. The predicted octanol–water partition coefficient (Wildman–Crippen LogP) is 2.12. The Labute approximate surface area is 111 Å². The fraction of sp³-hybridized carbons (Fsp3) is 0.500. The Morgan fingerprint density at radius 2 is 2.00 bits per heavy atom. The average molecular weight is 263 g/mol. The zero-order valence-electron chi connectivity index (χ0n) is 10.6. The number of ether oxygens (including phenoxy) is 2. The highest BCUT2D eigenvalue weighted by molar-refractivity contribution is 5.78. The van der Waals surface area contributed by atoms with Crippen LogP contribution in [0, 0.1) is 5.92 Å². The molecule has 1 heterocycles. The number of hydrogen-bond acceptors (Lipinski definition) is 4. The molecule has 0 aromatic heterocycles. The number of rotatable bonds is 4. The second kappa shape index (κ2) is 4.99. The highest BCUT2D eigenvalue weighted by Gasteiger charge is 2.36. The summed E-state index contributed by atoms with van der Waals surface area (Å²) < 4.78 is 11.1. The van der Waals surface area contributed by atoms with E-state index in [4.69, 9.17) is 9.47 Å². The number of anilines is 1. The van der Waals surface area contributed by atoms with Crippen molar-refractivity contribution in [2.24, 2.45) is 5.92 Å². The minimum absolute atomic E-state index is 0.244. The van der Waals surface area contributed by atoms with Crippen LogP contribution in [0.3, 0.4) is 0 Å². The van der Waals surface area contributed by atoms with Crippen molar-refractivity contribution < 1.29 is 19.4 Å². The van der Waals surface area contributed by atoms with Crippen LogP contribution in [0.4, 0.5) is 5.69 Å². The highest BCUT2D eigenvalue weighted by Crippen LogP contribution is 2.36. The Morgan fingerprint density at radius 1 is 1.26 bits per heavy atom. The van der Waals surface area contributed by atoms with E-state index >= 15 is 0 Å². The summed E-state index contributed by atoms with van der Waals surface area (Å²) >= 11 is 0. The zero-order valence-corrected chi connectivity index (χ0v) is 10.6. The maximum absolute atomic E-state index is 11.2. The van der Waals surface area contributed by atoms with Crippen LogP contribution in [0.2, 0.25) is 0 Å². The summed E-state index contributed by atoms with van der Waals surface area (Å²) in [5.41, 5.74) is 0.767. The Hall–Kier alpha value is -1.91. The molecule has 0 spiro atoms. The molecule has 2 N–H and O–H groups in total. The standard InChI is InChI=1S/C14H17NO4/c16-14(17)13(9-2-3-9)15-10-4-5-11-12(8-10)19-7-1-6-18-11/h4-5,8-9,13,15H,1-3,6-7H2,(H,16,17). The second-order valence-corrected chi connectivity index (χ2v) is 5.01. The van der Waals surface area contributed by atoms with E-state index in [-0.39, 0.29) is 5.92 Å². The molecule has 3 rings (SSSR count). The summed E-state index contributed by atoms with van der Waals surface area (Å²) in [7, 11) is 0. The number of carbonyl (C=O) groups is 1. The van der Waals surface area contributed by atoms with Crippen LogP contribution in [-0.2, 0) is 4.79 Å². The molecule has 1 saturated carbocycles. The minimum atomic E-state index is -0.797. The summed E-state index contributed by atoms with van der Waals surface area (Å²) in [6.45, 7) is 1.28. The lowest BCUT2D eigenvalue weighted by Gasteiger charge is -2.16. The van der Waals surface area contributed by atoms with Gasteiger partial charge in [-0.25, -0.2) is 4.79 Å². The predicted molar refractivity (Wildman–Crippen MR) is 69.8 cm³/mol. The fourth-order valence-electron chi connectivity index (χ4n) is 2.24. The molecule has 0 bridgehead atoms. The third kappa shape index (κ3) is 2.75. The Kier molecular flexibility index (Phi) is 3.19. The maximum Gasteiger partial charge on any atom is 0.326 e. The zero-order chi connectivity index (χ0) is 13.2. The molecule has 0 radical (unpaired) electrons. The van der Waals surface area contributed by atoms with Gasteiger partial charge in [0.1, 0.15) is 6.04 Å². The van der Waals surface area contributed by atoms with Crippen LogP contribution in [-0.4, -0.2) is 30.3 Å². The first-order valence-electron chi connectivity index (χ1n) is 6.63. The number of carboxylic acid groups (broad SMARTS) is 1. The third-order valence-electron chi connectivity index (χ3n) is 3.43. The van der Waals surface area contributed by atoms with Crippen molar-refractivity contribution in [2.45, 2.75) is 25.3 Å². The van der Waals surface area contributed by atoms with Gasteiger partial charge in [0.2, 0.25) is 0 Å². The topological polar surface area (TPSA) is 67.8 Å². The number of aliphatic carboxylic acids is 1. The maximum atomic E-state index is 11.2. The lowest BCUT2D eigenvalue weighted by molar-refractivity contribution is -0.138. The van der Waals surface area contributed by atoms with Crippen LogP contribution < -0.4 is 14.8 Å². The van der Waals surface area contributed by atoms with Gasteiger partial charge in [0.15, 0.2) is 11.5 Å². The first kappa shape index (κ1) is 12.1. The van der Waals surface area contributed by atoms with E-state index in [1.807, 2.05) is 18.2 Å². The summed E-state index contributed by atoms with van der Waals surface area (Å²) in [5.74, 6) is 0.854. The Balaban J connectivity index is 1.77. The van der Waals surface area contributed by atoms with Crippen LogP contribution >= 0.6 is 0 Å². The van der Waals surface area contributed by atoms with Gasteiger partial charge in [-0.15, -0.1) is 0 Å². The van der Waals surface area contributed by atoms with Crippen molar-refractivity contribution >= 4 is 11.7 Å². The van der Waals surface area contributed by atoms with Gasteiger partial charge in [-0.05, 0) is 30.9 Å². The van der Waals surface area contributed by atoms with E-state index < -0.39 is 12.0 Å². The quantitative estimate of drug-likeness (QED) is 0.871. The SMILES string of the molecule is O=C(O)C(Nc1ccc2c(c1)OCCCO2)C1CC1. The summed E-state index contributed by atoms with van der Waals surface area (Å²) in [4.78, 5) is 11.2. The molecule has 5 nitrogen and oxygen atoms in total. The van der Waals surface area contributed by atoms with Crippen molar-refractivity contribution in [1.82, 2.24) is 0 Å². The fourth-order valence-corrected chi connectivity index (χ4v) is 2.24. The molecule has 102 valence electrons. The Bertz CT molecular complexity index is 484. The lowest BCUT2D eigenvalue weighted by atomic mass is 10.1. The van der Waals surface area contributed by atoms with Crippen LogP contribution in [0.15, 0.2) is 18.2 Å². The molecule has 19 heavy (non-hydrogen) atoms. The number of fused-ring (bicyclic) bond motifs is 1. The van der Waals surface area contributed by atoms with E-state index in [2.05, 4.69) is 5.32 Å². The first-order valence-corrected chi connectivity index (χ1v) is 6.63. The van der Waals surface area contributed by atoms with Gasteiger partial charge in [0, 0.05) is 18.2 Å². The van der Waals surface area contributed by atoms with Gasteiger partial charge in [-0.3, -0.25) is 0 Å². The highest BCUT2D eigenvalue weighted by atomic mass is 16.5. The monoisotopic (exact) mass is 263 g/mol. The van der Waals surface area contributed by atoms with Gasteiger partial charge in [0.25, 0.3) is 0 Å². The Morgan fingerprint density at radius 3 is 2.68 bits per heavy atom. The summed E-state index contributed by atoms with van der Waals surface area (Å²) in [6.07, 6.45) is 2.82. The minimum Gasteiger partial charge on any atom is -0.490 e. The van der Waals surface area contributed by atoms with Gasteiger partial charge in [-0.1, -0.05) is 0 Å². The van der Waals surface area contributed by atoms with Gasteiger partial charge in [-0.2, -0.15) is 0 Å². The van der Waals surface area contributed by atoms with Gasteiger partial charge < -0.3 is 19.9 Å². The molecular weight excluding hydrogens is 246 g/mol. The average Bonchev–Trinajstić information content (AvgIpc) is 3.22. The van der Waals surface area contributed by atoms with Crippen molar-refractivity contribution in [3.8, 4) is 11.5 Å². The van der Waals surface area contributed by atoms with Crippen molar-refractivity contribution in [3.63, 3.8) is 0 Å². The number of hydrogen-bond donors (Lipinski definition) is 2. The normalized spacial score (nSPS) is 19.4. The van der Waals surface area contributed by atoms with Crippen molar-refractivity contribution in [3.05, 3.63) is 18.2 Å². The lowest BCUT2D eigenvalue weighted by Crippen LogP contribution is -2.31. The molecule has 1 aromatic carbocycles. The third-order valence-corrected chi connectivity index (χ3v) is 3.43. The molecular formula is C14H17NO4. The second-order valence-electron chi connectivity index (χ2n) is 5.01. The molecule has 1 atom stereocenters. The van der Waals surface area contributed by atoms with Gasteiger partial charge >= 0.3 is 5.97 Å². The molecule has 1 aliphatic carbocycles. The summed E-state index contributed by atoms with van der Waals surface area (Å²) in [5, 5.41) is 12.3. The number of carboxylic acids is 1. The molecule has 0 saturated heterocycles. The van der Waals surface area contributed by atoms with E-state index in [1.165, 1.54) is 0 Å². The molecule has 5 heteroatoms. The molecule has 1 aromatic rings. The van der Waals surface area contributed by atoms with E-state index in [9.17, 15) is 9.90 Å². The van der Waals surface area contributed by atoms with Crippen LogP contribution in [0.1, 0.15) is 19.3 Å². The van der Waals surface area contributed by atoms with Crippen molar-refractivity contribution in [2.75, 3.05) is 18.5 Å². The van der Waals surface area contributed by atoms with E-state index in [1.54, 1.807) is 0 Å². The molecule has 1 unspecified atom stereocenters. The molecule has 1 fully saturated rings. The van der Waals surface area contributed by atoms with E-state index in [0.717, 1.165) is 30.7 Å². The summed E-state index contributed by atoms with van der Waals surface area (Å²) in [6, 6.07) is 4.98. The number of nitrogens with one attached hydrogen (secondary N) is 1. The van der Waals surface area contributed by atoms with Crippen molar-refractivity contribution in [1.29, 1.82) is 0 Å². The molecule has 1 aliphatic heterocycles. The van der Waals surface area contributed by atoms with E-state index in [0.29, 0.717) is 19.0 Å². The first-order chi connectivity index (χ1) is 9.24. The van der Waals surface area contributed by atoms with Gasteiger partial charge in [0.05, 0.1) is 13.2 Å². The van der Waals surface area contributed by atoms with Crippen LogP contribution in [0.25, 0.3) is 0 Å².